The zero-order valence-corrected chi connectivity index (χ0v) is 32.3. The summed E-state index contributed by atoms with van der Waals surface area (Å²) in [5.74, 6) is 1.61. The van der Waals surface area contributed by atoms with E-state index in [1.54, 1.807) is 31.3 Å². The molecule has 0 bridgehead atoms. The topological polar surface area (TPSA) is 157 Å². The maximum absolute atomic E-state index is 9.77. The average Bonchev–Trinajstić information content (AvgIpc) is 3.15. The fraction of sp³-hybridized carbons (Fsp3) is 0.368. The second kappa shape index (κ2) is 20.0. The normalized spacial score (nSPS) is 12.2. The summed E-state index contributed by atoms with van der Waals surface area (Å²) in [6, 6.07) is 18.8. The Kier molecular flexibility index (Phi) is 15.9. The van der Waals surface area contributed by atoms with Gasteiger partial charge in [0.1, 0.15) is 24.2 Å². The molecule has 2 atom stereocenters. The zero-order valence-electron chi connectivity index (χ0n) is 28.7. The van der Waals surface area contributed by atoms with Crippen molar-refractivity contribution in [3.05, 3.63) is 105 Å². The molecule has 4 aromatic rings. The van der Waals surface area contributed by atoms with Crippen LogP contribution in [-0.2, 0) is 19.8 Å². The van der Waals surface area contributed by atoms with E-state index in [0.29, 0.717) is 50.1 Å². The number of halogens is 2. The predicted octanol–water partition coefficient (Wildman–Crippen LogP) is 5.62. The van der Waals surface area contributed by atoms with Gasteiger partial charge in [0.25, 0.3) is 0 Å². The van der Waals surface area contributed by atoms with Crippen LogP contribution < -0.4 is 19.5 Å². The van der Waals surface area contributed by atoms with Gasteiger partial charge in [0.2, 0.25) is 0 Å². The Hall–Kier alpha value is -3.36. The molecule has 0 fully saturated rings. The van der Waals surface area contributed by atoms with Crippen LogP contribution in [0.2, 0.25) is 20.5 Å². The van der Waals surface area contributed by atoms with Gasteiger partial charge < -0.3 is 20.3 Å². The van der Waals surface area contributed by atoms with E-state index in [0.717, 1.165) is 39.6 Å². The maximum atomic E-state index is 9.77. The SMILES string of the molecule is Cc1c(OCCC[AsH]C[C@@H](O)CO)cccc1-c1cccc(COc2cc(OCc3cncc(C#N)c3)c(CNC(C)(CO)CO)cc2Cl)c1Cl. The first-order valence-electron chi connectivity index (χ1n) is 16.5. The first-order valence-corrected chi connectivity index (χ1v) is 20.2. The van der Waals surface area contributed by atoms with Crippen LogP contribution in [0.3, 0.4) is 0 Å². The summed E-state index contributed by atoms with van der Waals surface area (Å²) >= 11 is 13.4. The molecule has 0 radical (unpaired) electrons. The second-order valence-corrected chi connectivity index (χ2v) is 16.1. The summed E-state index contributed by atoms with van der Waals surface area (Å²) in [6.07, 6.45) is 3.37. The van der Waals surface area contributed by atoms with Gasteiger partial charge >= 0.3 is 166 Å². The third-order valence-corrected chi connectivity index (χ3v) is 12.0. The fourth-order valence-corrected chi connectivity index (χ4v) is 7.80. The van der Waals surface area contributed by atoms with E-state index >= 15 is 0 Å². The Morgan fingerprint density at radius 2 is 1.67 bits per heavy atom. The van der Waals surface area contributed by atoms with Gasteiger partial charge in [-0.25, -0.2) is 0 Å². The van der Waals surface area contributed by atoms with Gasteiger partial charge in [-0.15, -0.1) is 0 Å². The van der Waals surface area contributed by atoms with E-state index in [1.807, 2.05) is 43.3 Å². The molecule has 1 unspecified atom stereocenters. The second-order valence-electron chi connectivity index (χ2n) is 12.3. The molecular formula is C38H44AsCl2N3O7. The number of pyridine rings is 1. The number of ether oxygens (including phenoxy) is 3. The van der Waals surface area contributed by atoms with Crippen molar-refractivity contribution in [1.82, 2.24) is 10.3 Å². The number of aromatic nitrogens is 1. The number of nitriles is 1. The Balaban J connectivity index is 1.50. The van der Waals surface area contributed by atoms with Gasteiger partial charge in [0.05, 0.1) is 29.3 Å². The quantitative estimate of drug-likeness (QED) is 0.0562. The predicted molar refractivity (Wildman–Crippen MR) is 200 cm³/mol. The molecule has 1 heterocycles. The monoisotopic (exact) mass is 799 g/mol. The van der Waals surface area contributed by atoms with Crippen LogP contribution in [0.25, 0.3) is 11.1 Å². The van der Waals surface area contributed by atoms with Crippen molar-refractivity contribution < 1.29 is 34.6 Å². The minimum absolute atomic E-state index is 0.119. The summed E-state index contributed by atoms with van der Waals surface area (Å²) in [7, 11) is 0. The summed E-state index contributed by atoms with van der Waals surface area (Å²) in [4.78, 5) is 4.10. The molecule has 51 heavy (non-hydrogen) atoms. The molecule has 5 N–H and O–H groups in total. The Morgan fingerprint density at radius 1 is 0.922 bits per heavy atom. The third-order valence-electron chi connectivity index (χ3n) is 8.22. The van der Waals surface area contributed by atoms with Gasteiger partial charge in [0.15, 0.2) is 0 Å². The number of benzene rings is 3. The molecule has 1 aromatic heterocycles. The molecule has 0 spiro atoms. The molecule has 13 heteroatoms. The molecule has 0 saturated heterocycles. The van der Waals surface area contributed by atoms with Gasteiger partial charge in [-0.3, -0.25) is 4.98 Å². The van der Waals surface area contributed by atoms with E-state index in [1.165, 1.54) is 6.20 Å². The molecule has 0 aliphatic heterocycles. The Labute approximate surface area is 315 Å². The summed E-state index contributed by atoms with van der Waals surface area (Å²) in [6.45, 7) is 4.00. The number of hydrogen-bond donors (Lipinski definition) is 5. The molecular weight excluding hydrogens is 756 g/mol. The van der Waals surface area contributed by atoms with Crippen LogP contribution in [0.5, 0.6) is 17.2 Å². The molecule has 0 saturated carbocycles. The number of aliphatic hydroxyl groups is 4. The van der Waals surface area contributed by atoms with Gasteiger partial charge in [0, 0.05) is 36.1 Å². The minimum atomic E-state index is -0.927. The standard InChI is InChI=1S/C38H44AsCl2N3O7/c1-25-31(7-4-9-34(25)49-11-5-10-39-15-30(48)20-45)32-8-3-6-28(37(32)41)22-51-36-14-35(50-21-27-12-26(16-42)17-43-18-27)29(13-33(36)40)19-44-38(2,23-46)24-47/h3-4,6-9,12-14,17-18,30,39,44-48H,5,10-11,15,19-24H2,1-2H3/t30-/m1/s1. The van der Waals surface area contributed by atoms with Crippen molar-refractivity contribution in [2.45, 2.75) is 62.1 Å². The van der Waals surface area contributed by atoms with E-state index in [-0.39, 0.29) is 55.3 Å². The van der Waals surface area contributed by atoms with Gasteiger partial charge in [-0.1, -0.05) is 11.6 Å². The van der Waals surface area contributed by atoms with E-state index in [4.69, 9.17) is 42.5 Å². The molecule has 0 aliphatic carbocycles. The first-order chi connectivity index (χ1) is 24.6. The van der Waals surface area contributed by atoms with Gasteiger partial charge in [-0.2, -0.15) is 5.26 Å². The van der Waals surface area contributed by atoms with E-state index in [9.17, 15) is 20.6 Å². The summed E-state index contributed by atoms with van der Waals surface area (Å²) in [5, 5.41) is 53.1. The first kappa shape index (κ1) is 40.4. The number of hydrogen-bond acceptors (Lipinski definition) is 10. The van der Waals surface area contributed by atoms with Crippen LogP contribution in [0, 0.1) is 18.3 Å². The number of nitrogens with one attached hydrogen (secondary N) is 1. The van der Waals surface area contributed by atoms with Gasteiger partial charge in [-0.05, 0) is 19.1 Å². The van der Waals surface area contributed by atoms with E-state index in [2.05, 4.69) is 16.4 Å². The van der Waals surface area contributed by atoms with Crippen LogP contribution in [0.1, 0.15) is 41.2 Å². The molecule has 10 nitrogen and oxygen atoms in total. The van der Waals surface area contributed by atoms with Crippen molar-refractivity contribution in [2.75, 3.05) is 26.4 Å². The molecule has 3 aromatic carbocycles. The number of nitrogens with zero attached hydrogens (tertiary/aromatic N) is 2. The molecule has 4 rings (SSSR count). The average molecular weight is 801 g/mol. The Bertz CT molecular complexity index is 1790. The van der Waals surface area contributed by atoms with Crippen molar-refractivity contribution in [2.24, 2.45) is 0 Å². The van der Waals surface area contributed by atoms with Crippen molar-refractivity contribution in [3.8, 4) is 34.4 Å². The number of aliphatic hydroxyl groups excluding tert-OH is 4. The molecule has 272 valence electrons. The van der Waals surface area contributed by atoms with E-state index < -0.39 is 11.6 Å². The fourth-order valence-electron chi connectivity index (χ4n) is 5.05. The molecule has 0 amide bonds. The zero-order chi connectivity index (χ0) is 36.8. The summed E-state index contributed by atoms with van der Waals surface area (Å²) < 4.78 is 18.5. The van der Waals surface area contributed by atoms with Crippen molar-refractivity contribution in [3.63, 3.8) is 0 Å². The van der Waals surface area contributed by atoms with Crippen molar-refractivity contribution >= 4 is 39.0 Å². The summed E-state index contributed by atoms with van der Waals surface area (Å²) in [5.41, 5.74) is 4.35. The van der Waals surface area contributed by atoms with Crippen molar-refractivity contribution in [1.29, 1.82) is 5.26 Å². The Morgan fingerprint density at radius 3 is 2.41 bits per heavy atom. The van der Waals surface area contributed by atoms with Crippen LogP contribution in [-0.4, -0.2) is 79.2 Å². The van der Waals surface area contributed by atoms with Crippen LogP contribution >= 0.6 is 23.2 Å². The molecule has 0 aliphatic rings. The van der Waals surface area contributed by atoms with Crippen LogP contribution in [0.4, 0.5) is 0 Å². The number of rotatable bonds is 20. The van der Waals surface area contributed by atoms with Crippen LogP contribution in [0.15, 0.2) is 67.0 Å². The third kappa shape index (κ3) is 11.6.